The van der Waals surface area contributed by atoms with Gasteiger partial charge < -0.3 is 14.2 Å². The molecule has 2 aromatic heterocycles. The van der Waals surface area contributed by atoms with Crippen LogP contribution in [0.15, 0.2) is 55.2 Å². The van der Waals surface area contributed by atoms with Crippen LogP contribution in [0.4, 0.5) is 0 Å². The number of nitrogens with zero attached hydrogens (tertiary/aromatic N) is 5. The second-order valence-electron chi connectivity index (χ2n) is 7.04. The fourth-order valence-corrected chi connectivity index (χ4v) is 3.42. The number of carbonyl (C=O) groups excluding carboxylic acids is 1. The lowest BCUT2D eigenvalue weighted by atomic mass is 9.97. The number of amides is 1. The zero-order chi connectivity index (χ0) is 19.3. The maximum Gasteiger partial charge on any atom is 0.272 e. The minimum Gasteiger partial charge on any atom is -0.477 e. The summed E-state index contributed by atoms with van der Waals surface area (Å²) in [6.45, 7) is 2.06. The zero-order valence-corrected chi connectivity index (χ0v) is 15.9. The van der Waals surface area contributed by atoms with Crippen LogP contribution in [0.3, 0.4) is 0 Å². The molecule has 1 amide bonds. The first-order chi connectivity index (χ1) is 13.7. The lowest BCUT2D eigenvalue weighted by Gasteiger charge is -2.31. The third-order valence-electron chi connectivity index (χ3n) is 5.12. The SMILES string of the molecule is Cn1cncc1C(=O)N1CCC(COc2cc(-c3ccccc3)ncn2)CC1. The molecular weight excluding hydrogens is 354 g/mol. The Kier molecular flexibility index (Phi) is 5.32. The van der Waals surface area contributed by atoms with Gasteiger partial charge in [0.05, 0.1) is 24.8 Å². The second kappa shape index (κ2) is 8.21. The molecule has 0 bridgehead atoms. The summed E-state index contributed by atoms with van der Waals surface area (Å²) < 4.78 is 7.69. The molecule has 0 atom stereocenters. The molecule has 0 radical (unpaired) electrons. The summed E-state index contributed by atoms with van der Waals surface area (Å²) in [6, 6.07) is 11.9. The van der Waals surface area contributed by atoms with Crippen LogP contribution in [0, 0.1) is 5.92 Å². The normalized spacial score (nSPS) is 14.8. The summed E-state index contributed by atoms with van der Waals surface area (Å²) in [7, 11) is 1.84. The lowest BCUT2D eigenvalue weighted by Crippen LogP contribution is -2.40. The molecule has 3 aromatic rings. The van der Waals surface area contributed by atoms with E-state index in [1.54, 1.807) is 17.1 Å². The van der Waals surface area contributed by atoms with Crippen LogP contribution >= 0.6 is 0 Å². The predicted molar refractivity (Wildman–Crippen MR) is 105 cm³/mol. The Morgan fingerprint density at radius 1 is 1.18 bits per heavy atom. The van der Waals surface area contributed by atoms with Gasteiger partial charge in [-0.15, -0.1) is 0 Å². The van der Waals surface area contributed by atoms with Gasteiger partial charge in [0.15, 0.2) is 0 Å². The number of benzene rings is 1. The van der Waals surface area contributed by atoms with E-state index in [1.807, 2.05) is 48.3 Å². The van der Waals surface area contributed by atoms with Crippen LogP contribution in [-0.2, 0) is 7.05 Å². The number of piperidine rings is 1. The molecule has 1 saturated heterocycles. The number of carbonyl (C=O) groups is 1. The molecule has 1 aliphatic heterocycles. The Morgan fingerprint density at radius 3 is 2.68 bits per heavy atom. The van der Waals surface area contributed by atoms with Crippen molar-refractivity contribution in [3.05, 3.63) is 60.9 Å². The van der Waals surface area contributed by atoms with Crippen molar-refractivity contribution in [1.29, 1.82) is 0 Å². The quantitative estimate of drug-likeness (QED) is 0.684. The van der Waals surface area contributed by atoms with E-state index in [2.05, 4.69) is 15.0 Å². The van der Waals surface area contributed by atoms with Crippen molar-refractivity contribution in [3.63, 3.8) is 0 Å². The summed E-state index contributed by atoms with van der Waals surface area (Å²) in [5.41, 5.74) is 2.52. The summed E-state index contributed by atoms with van der Waals surface area (Å²) in [4.78, 5) is 27.0. The molecular formula is C21H23N5O2. The van der Waals surface area contributed by atoms with E-state index in [1.165, 1.54) is 6.33 Å². The highest BCUT2D eigenvalue weighted by Gasteiger charge is 2.25. The van der Waals surface area contributed by atoms with Gasteiger partial charge in [0.25, 0.3) is 5.91 Å². The van der Waals surface area contributed by atoms with E-state index in [-0.39, 0.29) is 5.91 Å². The van der Waals surface area contributed by atoms with Crippen molar-refractivity contribution in [1.82, 2.24) is 24.4 Å². The number of hydrogen-bond acceptors (Lipinski definition) is 5. The Morgan fingerprint density at radius 2 is 1.96 bits per heavy atom. The second-order valence-corrected chi connectivity index (χ2v) is 7.04. The number of likely N-dealkylation sites (tertiary alicyclic amines) is 1. The summed E-state index contributed by atoms with van der Waals surface area (Å²) >= 11 is 0. The molecule has 7 heteroatoms. The van der Waals surface area contributed by atoms with Gasteiger partial charge in [-0.2, -0.15) is 0 Å². The first-order valence-electron chi connectivity index (χ1n) is 9.46. The Balaban J connectivity index is 1.30. The monoisotopic (exact) mass is 377 g/mol. The first kappa shape index (κ1) is 18.2. The largest absolute Gasteiger partial charge is 0.477 e. The van der Waals surface area contributed by atoms with E-state index in [9.17, 15) is 4.79 Å². The average Bonchev–Trinajstić information content (AvgIpc) is 3.19. The van der Waals surface area contributed by atoms with Crippen molar-refractivity contribution < 1.29 is 9.53 Å². The molecule has 0 spiro atoms. The molecule has 0 aliphatic carbocycles. The number of imidazole rings is 1. The Bertz CT molecular complexity index is 933. The molecule has 1 aliphatic rings. The molecule has 28 heavy (non-hydrogen) atoms. The fraction of sp³-hybridized carbons (Fsp3) is 0.333. The van der Waals surface area contributed by atoms with E-state index in [4.69, 9.17) is 4.74 Å². The molecule has 0 saturated carbocycles. The summed E-state index contributed by atoms with van der Waals surface area (Å²) in [5.74, 6) is 1.04. The number of aromatic nitrogens is 4. The van der Waals surface area contributed by atoms with E-state index in [0.29, 0.717) is 24.1 Å². The Labute approximate surface area is 164 Å². The van der Waals surface area contributed by atoms with Crippen LogP contribution in [0.1, 0.15) is 23.3 Å². The minimum absolute atomic E-state index is 0.0441. The van der Waals surface area contributed by atoms with Gasteiger partial charge in [0.1, 0.15) is 12.0 Å². The van der Waals surface area contributed by atoms with Crippen LogP contribution in [0.25, 0.3) is 11.3 Å². The van der Waals surface area contributed by atoms with Crippen LogP contribution < -0.4 is 4.74 Å². The highest BCUT2D eigenvalue weighted by atomic mass is 16.5. The van der Waals surface area contributed by atoms with E-state index >= 15 is 0 Å². The highest BCUT2D eigenvalue weighted by molar-refractivity contribution is 5.92. The summed E-state index contributed by atoms with van der Waals surface area (Å²) in [6.07, 6.45) is 6.64. The van der Waals surface area contributed by atoms with Gasteiger partial charge in [-0.3, -0.25) is 4.79 Å². The number of aryl methyl sites for hydroxylation is 1. The summed E-state index contributed by atoms with van der Waals surface area (Å²) in [5, 5.41) is 0. The number of hydrogen-bond donors (Lipinski definition) is 0. The van der Waals surface area contributed by atoms with Crippen LogP contribution in [0.2, 0.25) is 0 Å². The standard InChI is InChI=1S/C21H23N5O2/c1-25-15-22-12-19(25)21(27)26-9-7-16(8-10-26)13-28-20-11-18(23-14-24-20)17-5-3-2-4-6-17/h2-6,11-12,14-16H,7-10,13H2,1H3. The smallest absolute Gasteiger partial charge is 0.272 e. The lowest BCUT2D eigenvalue weighted by molar-refractivity contribution is 0.0650. The van der Waals surface area contributed by atoms with E-state index in [0.717, 1.165) is 37.2 Å². The molecule has 144 valence electrons. The van der Waals surface area contributed by atoms with Gasteiger partial charge in [-0.1, -0.05) is 30.3 Å². The molecule has 1 aromatic carbocycles. The van der Waals surface area contributed by atoms with Crippen molar-refractivity contribution >= 4 is 5.91 Å². The maximum atomic E-state index is 12.6. The van der Waals surface area contributed by atoms with Gasteiger partial charge >= 0.3 is 0 Å². The fourth-order valence-electron chi connectivity index (χ4n) is 3.42. The van der Waals surface area contributed by atoms with E-state index < -0.39 is 0 Å². The average molecular weight is 377 g/mol. The van der Waals surface area contributed by atoms with Crippen molar-refractivity contribution in [2.75, 3.05) is 19.7 Å². The number of ether oxygens (including phenoxy) is 1. The molecule has 3 heterocycles. The minimum atomic E-state index is 0.0441. The molecule has 0 unspecified atom stereocenters. The molecule has 4 rings (SSSR count). The van der Waals surface area contributed by atoms with Gasteiger partial charge in [-0.25, -0.2) is 15.0 Å². The van der Waals surface area contributed by atoms with Crippen molar-refractivity contribution in [2.24, 2.45) is 13.0 Å². The van der Waals surface area contributed by atoms with Crippen molar-refractivity contribution in [2.45, 2.75) is 12.8 Å². The van der Waals surface area contributed by atoms with Gasteiger partial charge in [-0.05, 0) is 18.8 Å². The third kappa shape index (κ3) is 4.03. The van der Waals surface area contributed by atoms with Crippen molar-refractivity contribution in [3.8, 4) is 17.1 Å². The maximum absolute atomic E-state index is 12.6. The van der Waals surface area contributed by atoms with Crippen LogP contribution in [0.5, 0.6) is 5.88 Å². The van der Waals surface area contributed by atoms with Crippen LogP contribution in [-0.4, -0.2) is 50.0 Å². The predicted octanol–water partition coefficient (Wildman–Crippen LogP) is 2.81. The molecule has 1 fully saturated rings. The highest BCUT2D eigenvalue weighted by Crippen LogP contribution is 2.22. The topological polar surface area (TPSA) is 73.1 Å². The first-order valence-corrected chi connectivity index (χ1v) is 9.46. The molecule has 0 N–H and O–H groups in total. The Hall–Kier alpha value is -3.22. The van der Waals surface area contributed by atoms with Gasteiger partial charge in [0.2, 0.25) is 5.88 Å². The molecule has 7 nitrogen and oxygen atoms in total. The third-order valence-corrected chi connectivity index (χ3v) is 5.12. The number of rotatable bonds is 5. The van der Waals surface area contributed by atoms with Gasteiger partial charge in [0, 0.05) is 31.8 Å². The zero-order valence-electron chi connectivity index (χ0n) is 15.9.